The van der Waals surface area contributed by atoms with Gasteiger partial charge in [0.25, 0.3) is 0 Å². The van der Waals surface area contributed by atoms with Crippen molar-refractivity contribution in [3.63, 3.8) is 0 Å². The number of ether oxygens (including phenoxy) is 1. The van der Waals surface area contributed by atoms with E-state index in [1.165, 1.54) is 9.80 Å². The molecule has 1 atom stereocenters. The third-order valence-electron chi connectivity index (χ3n) is 5.18. The fraction of sp³-hybridized carbons (Fsp3) is 0.318. The Morgan fingerprint density at radius 1 is 1.03 bits per heavy atom. The van der Waals surface area contributed by atoms with Crippen LogP contribution in [0.5, 0.6) is 0 Å². The molecule has 0 radical (unpaired) electrons. The zero-order valence-electron chi connectivity index (χ0n) is 16.5. The third kappa shape index (κ3) is 4.44. The minimum absolute atomic E-state index is 0.0375. The van der Waals surface area contributed by atoms with Crippen LogP contribution in [-0.2, 0) is 14.3 Å². The number of rotatable bonds is 5. The first kappa shape index (κ1) is 19.9. The fourth-order valence-electron chi connectivity index (χ4n) is 3.66. The van der Waals surface area contributed by atoms with E-state index in [4.69, 9.17) is 4.74 Å². The Morgan fingerprint density at radius 3 is 2.50 bits per heavy atom. The second-order valence-electron chi connectivity index (χ2n) is 7.29. The van der Waals surface area contributed by atoms with Gasteiger partial charge < -0.3 is 15.4 Å². The molecule has 2 N–H and O–H groups in total. The molecule has 2 aromatic rings. The lowest BCUT2D eigenvalue weighted by Gasteiger charge is -2.35. The van der Waals surface area contributed by atoms with E-state index in [9.17, 15) is 14.4 Å². The highest BCUT2D eigenvalue weighted by Gasteiger charge is 2.33. The van der Waals surface area contributed by atoms with Crippen molar-refractivity contribution >= 4 is 34.9 Å². The molecule has 0 bridgehead atoms. The summed E-state index contributed by atoms with van der Waals surface area (Å²) in [6.45, 7) is 0.916. The highest BCUT2D eigenvalue weighted by atomic mass is 16.5. The van der Waals surface area contributed by atoms with Crippen LogP contribution in [0.1, 0.15) is 12.8 Å². The number of benzene rings is 2. The van der Waals surface area contributed by atoms with Crippen LogP contribution in [0.4, 0.5) is 21.9 Å². The van der Waals surface area contributed by atoms with Crippen LogP contribution < -0.4 is 20.4 Å². The van der Waals surface area contributed by atoms with Gasteiger partial charge in [-0.25, -0.2) is 4.79 Å². The molecular formula is C22H24N4O4. The van der Waals surface area contributed by atoms with Crippen molar-refractivity contribution in [1.82, 2.24) is 5.32 Å². The molecule has 8 heteroatoms. The summed E-state index contributed by atoms with van der Waals surface area (Å²) in [6, 6.07) is 15.7. The molecule has 4 rings (SSSR count). The van der Waals surface area contributed by atoms with Crippen LogP contribution in [-0.4, -0.2) is 50.2 Å². The lowest BCUT2D eigenvalue weighted by Crippen LogP contribution is -2.52. The van der Waals surface area contributed by atoms with Crippen molar-refractivity contribution < 1.29 is 19.1 Å². The number of para-hydroxylation sites is 3. The average molecular weight is 408 g/mol. The molecule has 30 heavy (non-hydrogen) atoms. The maximum atomic E-state index is 12.8. The van der Waals surface area contributed by atoms with Crippen LogP contribution in [0.25, 0.3) is 0 Å². The molecule has 0 aliphatic carbocycles. The molecule has 0 saturated carbocycles. The van der Waals surface area contributed by atoms with Gasteiger partial charge in [-0.2, -0.15) is 0 Å². The maximum absolute atomic E-state index is 12.8. The second-order valence-corrected chi connectivity index (χ2v) is 7.29. The van der Waals surface area contributed by atoms with E-state index in [-0.39, 0.29) is 31.0 Å². The van der Waals surface area contributed by atoms with Crippen LogP contribution >= 0.6 is 0 Å². The molecule has 0 aromatic heterocycles. The van der Waals surface area contributed by atoms with Gasteiger partial charge in [-0.15, -0.1) is 0 Å². The Morgan fingerprint density at radius 2 is 1.77 bits per heavy atom. The van der Waals surface area contributed by atoms with Crippen LogP contribution in [0.3, 0.4) is 0 Å². The van der Waals surface area contributed by atoms with Crippen molar-refractivity contribution in [2.24, 2.45) is 0 Å². The summed E-state index contributed by atoms with van der Waals surface area (Å²) >= 11 is 0. The molecular weight excluding hydrogens is 384 g/mol. The van der Waals surface area contributed by atoms with E-state index in [2.05, 4.69) is 10.6 Å². The van der Waals surface area contributed by atoms with Gasteiger partial charge in [0.2, 0.25) is 11.8 Å². The number of anilines is 3. The number of amides is 4. The maximum Gasteiger partial charge on any atom is 0.326 e. The number of urea groups is 1. The number of carbonyl (C=O) groups is 3. The highest BCUT2D eigenvalue weighted by Crippen LogP contribution is 2.33. The molecule has 1 fully saturated rings. The van der Waals surface area contributed by atoms with Crippen LogP contribution in [0.15, 0.2) is 54.6 Å². The quantitative estimate of drug-likeness (QED) is 0.795. The lowest BCUT2D eigenvalue weighted by molar-refractivity contribution is -0.123. The predicted molar refractivity (Wildman–Crippen MR) is 114 cm³/mol. The Bertz CT molecular complexity index is 928. The van der Waals surface area contributed by atoms with Crippen molar-refractivity contribution in [2.75, 3.05) is 41.4 Å². The number of hydrogen-bond donors (Lipinski definition) is 2. The monoisotopic (exact) mass is 408 g/mol. The van der Waals surface area contributed by atoms with Gasteiger partial charge in [0.05, 0.1) is 17.5 Å². The largest absolute Gasteiger partial charge is 0.376 e. The molecule has 156 valence electrons. The first-order chi connectivity index (χ1) is 14.6. The molecule has 2 aliphatic rings. The van der Waals surface area contributed by atoms with Gasteiger partial charge in [0.1, 0.15) is 13.1 Å². The third-order valence-corrected chi connectivity index (χ3v) is 5.18. The minimum Gasteiger partial charge on any atom is -0.376 e. The van der Waals surface area contributed by atoms with Gasteiger partial charge in [-0.1, -0.05) is 30.3 Å². The van der Waals surface area contributed by atoms with Crippen molar-refractivity contribution in [3.8, 4) is 0 Å². The van der Waals surface area contributed by atoms with Gasteiger partial charge in [-0.05, 0) is 37.1 Å². The number of nitrogens with zero attached hydrogens (tertiary/aromatic N) is 2. The molecule has 1 saturated heterocycles. The van der Waals surface area contributed by atoms with Gasteiger partial charge in [0.15, 0.2) is 0 Å². The normalized spacial score (nSPS) is 18.1. The van der Waals surface area contributed by atoms with Crippen molar-refractivity contribution in [1.29, 1.82) is 0 Å². The molecule has 2 aliphatic heterocycles. The summed E-state index contributed by atoms with van der Waals surface area (Å²) in [5, 5.41) is 5.64. The Kier molecular flexibility index (Phi) is 5.94. The second kappa shape index (κ2) is 8.96. The van der Waals surface area contributed by atoms with Gasteiger partial charge >= 0.3 is 6.03 Å². The first-order valence-corrected chi connectivity index (χ1v) is 10.0. The predicted octanol–water partition coefficient (Wildman–Crippen LogP) is 2.37. The summed E-state index contributed by atoms with van der Waals surface area (Å²) < 4.78 is 5.51. The van der Waals surface area contributed by atoms with Gasteiger partial charge in [0, 0.05) is 18.8 Å². The Balaban J connectivity index is 1.46. The number of carbonyl (C=O) groups excluding carboxylic acids is 3. The topological polar surface area (TPSA) is 91.0 Å². The van der Waals surface area contributed by atoms with E-state index < -0.39 is 6.03 Å². The smallest absolute Gasteiger partial charge is 0.326 e. The van der Waals surface area contributed by atoms with Crippen molar-refractivity contribution in [3.05, 3.63) is 54.6 Å². The Labute approximate surface area is 174 Å². The summed E-state index contributed by atoms with van der Waals surface area (Å²) in [5.74, 6) is -0.569. The number of fused-ring (bicyclic) bond motifs is 1. The molecule has 4 amide bonds. The molecule has 8 nitrogen and oxygen atoms in total. The molecule has 2 aromatic carbocycles. The minimum atomic E-state index is -0.399. The Hall–Kier alpha value is -3.39. The van der Waals surface area contributed by atoms with E-state index >= 15 is 0 Å². The highest BCUT2D eigenvalue weighted by molar-refractivity contribution is 6.14. The fourth-order valence-corrected chi connectivity index (χ4v) is 3.66. The SMILES string of the molecule is O=C(CN1C(=O)CN(C(=O)Nc2ccccc2)c2ccccc21)NCC1CCCO1. The van der Waals surface area contributed by atoms with E-state index in [0.717, 1.165) is 19.4 Å². The average Bonchev–Trinajstić information content (AvgIpc) is 3.28. The van der Waals surface area contributed by atoms with Crippen LogP contribution in [0, 0.1) is 0 Å². The zero-order chi connectivity index (χ0) is 20.9. The summed E-state index contributed by atoms with van der Waals surface area (Å²) in [6.07, 6.45) is 1.96. The van der Waals surface area contributed by atoms with Crippen molar-refractivity contribution in [2.45, 2.75) is 18.9 Å². The molecule has 2 heterocycles. The van der Waals surface area contributed by atoms with E-state index in [1.54, 1.807) is 36.4 Å². The van der Waals surface area contributed by atoms with E-state index in [0.29, 0.717) is 23.6 Å². The number of hydrogen-bond acceptors (Lipinski definition) is 4. The summed E-state index contributed by atoms with van der Waals surface area (Å²) in [7, 11) is 0. The number of nitrogens with one attached hydrogen (secondary N) is 2. The zero-order valence-corrected chi connectivity index (χ0v) is 16.5. The summed E-state index contributed by atoms with van der Waals surface area (Å²) in [4.78, 5) is 40.9. The van der Waals surface area contributed by atoms with Gasteiger partial charge in [-0.3, -0.25) is 19.4 Å². The standard InChI is InChI=1S/C22H24N4O4/c27-20(23-13-17-9-6-12-30-17)14-25-18-10-4-5-11-19(18)26(15-21(25)28)22(29)24-16-7-2-1-3-8-16/h1-5,7-8,10-11,17H,6,9,12-15H2,(H,23,27)(H,24,29). The molecule has 1 unspecified atom stereocenters. The van der Waals surface area contributed by atoms with E-state index in [1.807, 2.05) is 18.2 Å². The van der Waals surface area contributed by atoms with Crippen LogP contribution in [0.2, 0.25) is 0 Å². The first-order valence-electron chi connectivity index (χ1n) is 10.0. The lowest BCUT2D eigenvalue weighted by atomic mass is 10.1. The summed E-state index contributed by atoms with van der Waals surface area (Å²) in [5.41, 5.74) is 1.75. The molecule has 0 spiro atoms.